The van der Waals surface area contributed by atoms with E-state index in [1.165, 1.54) is 5.56 Å². The van der Waals surface area contributed by atoms with E-state index >= 15 is 0 Å². The summed E-state index contributed by atoms with van der Waals surface area (Å²) < 4.78 is 0. The van der Waals surface area contributed by atoms with Crippen LogP contribution in [0, 0.1) is 0 Å². The molecule has 120 valence electrons. The molecule has 0 spiro atoms. The van der Waals surface area contributed by atoms with Crippen LogP contribution in [-0.4, -0.2) is 73.5 Å². The van der Waals surface area contributed by atoms with Gasteiger partial charge < -0.3 is 9.80 Å². The predicted molar refractivity (Wildman–Crippen MR) is 88.9 cm³/mol. The molecule has 1 aromatic carbocycles. The third kappa shape index (κ3) is 3.87. The molecule has 2 heterocycles. The van der Waals surface area contributed by atoms with Gasteiger partial charge in [0, 0.05) is 39.3 Å². The summed E-state index contributed by atoms with van der Waals surface area (Å²) in [5.41, 5.74) is 1.42. The molecule has 0 aromatic heterocycles. The minimum Gasteiger partial charge on any atom is -0.342 e. The summed E-state index contributed by atoms with van der Waals surface area (Å²) in [5.74, 6) is 0.935. The quantitative estimate of drug-likeness (QED) is 0.849. The maximum Gasteiger partial charge on any atom is 0.236 e. The van der Waals surface area contributed by atoms with Crippen molar-refractivity contribution in [3.05, 3.63) is 35.9 Å². The van der Waals surface area contributed by atoms with Gasteiger partial charge >= 0.3 is 0 Å². The number of benzene rings is 1. The molecule has 2 fully saturated rings. The van der Waals surface area contributed by atoms with Gasteiger partial charge in [-0.1, -0.05) is 30.3 Å². The molecule has 2 aliphatic rings. The smallest absolute Gasteiger partial charge is 0.236 e. The van der Waals surface area contributed by atoms with Crippen LogP contribution < -0.4 is 0 Å². The number of hydrogen-bond donors (Lipinski definition) is 0. The van der Waals surface area contributed by atoms with Gasteiger partial charge in [-0.3, -0.25) is 9.69 Å². The largest absolute Gasteiger partial charge is 0.342 e. The minimum atomic E-state index is 0.316. The van der Waals surface area contributed by atoms with Gasteiger partial charge in [-0.15, -0.1) is 0 Å². The lowest BCUT2D eigenvalue weighted by Gasteiger charge is -2.36. The third-order valence-electron chi connectivity index (χ3n) is 5.07. The Morgan fingerprint density at radius 3 is 2.27 bits per heavy atom. The molecule has 1 amide bonds. The van der Waals surface area contributed by atoms with Crippen molar-refractivity contribution < 1.29 is 4.79 Å². The van der Waals surface area contributed by atoms with Crippen molar-refractivity contribution in [2.75, 3.05) is 52.9 Å². The van der Waals surface area contributed by atoms with Crippen molar-refractivity contribution in [1.82, 2.24) is 14.7 Å². The first kappa shape index (κ1) is 15.5. The summed E-state index contributed by atoms with van der Waals surface area (Å²) in [5, 5.41) is 0. The monoisotopic (exact) mass is 301 g/mol. The third-order valence-corrected chi connectivity index (χ3v) is 5.07. The number of piperidine rings is 1. The highest BCUT2D eigenvalue weighted by atomic mass is 16.2. The lowest BCUT2D eigenvalue weighted by atomic mass is 9.89. The average molecular weight is 301 g/mol. The van der Waals surface area contributed by atoms with E-state index in [0.717, 1.165) is 52.1 Å². The number of likely N-dealkylation sites (tertiary alicyclic amines) is 1. The molecule has 1 aromatic rings. The molecule has 3 rings (SSSR count). The molecule has 4 nitrogen and oxygen atoms in total. The van der Waals surface area contributed by atoms with E-state index < -0.39 is 0 Å². The van der Waals surface area contributed by atoms with Gasteiger partial charge in [0.05, 0.1) is 6.54 Å². The molecular formula is C18H27N3O. The molecule has 4 heteroatoms. The van der Waals surface area contributed by atoms with Gasteiger partial charge in [0.15, 0.2) is 0 Å². The van der Waals surface area contributed by atoms with Gasteiger partial charge in [0.25, 0.3) is 0 Å². The maximum atomic E-state index is 12.5. The summed E-state index contributed by atoms with van der Waals surface area (Å²) >= 11 is 0. The Labute approximate surface area is 133 Å². The fourth-order valence-corrected chi connectivity index (χ4v) is 3.48. The second-order valence-corrected chi connectivity index (χ2v) is 6.65. The molecule has 0 N–H and O–H groups in total. The molecule has 0 radical (unpaired) electrons. The van der Waals surface area contributed by atoms with E-state index in [0.29, 0.717) is 18.4 Å². The van der Waals surface area contributed by atoms with Crippen LogP contribution in [0.1, 0.15) is 24.3 Å². The minimum absolute atomic E-state index is 0.316. The summed E-state index contributed by atoms with van der Waals surface area (Å²) in [6.07, 6.45) is 2.19. The lowest BCUT2D eigenvalue weighted by molar-refractivity contribution is -0.133. The standard InChI is InChI=1S/C18H27N3O/c1-19-11-13-20(14-12-19)15-18(22)21-9-7-17(8-10-21)16-5-3-2-4-6-16/h2-6,17H,7-15H2,1H3. The Bertz CT molecular complexity index is 474. The topological polar surface area (TPSA) is 26.8 Å². The number of nitrogens with zero attached hydrogens (tertiary/aromatic N) is 3. The van der Waals surface area contributed by atoms with E-state index in [1.54, 1.807) is 0 Å². The lowest BCUT2D eigenvalue weighted by Crippen LogP contribution is -2.50. The van der Waals surface area contributed by atoms with E-state index in [1.807, 2.05) is 0 Å². The van der Waals surface area contributed by atoms with Crippen LogP contribution in [0.15, 0.2) is 30.3 Å². The summed E-state index contributed by atoms with van der Waals surface area (Å²) in [4.78, 5) is 19.2. The van der Waals surface area contributed by atoms with Gasteiger partial charge in [0.2, 0.25) is 5.91 Å². The second kappa shape index (κ2) is 7.25. The van der Waals surface area contributed by atoms with Crippen molar-refractivity contribution in [1.29, 1.82) is 0 Å². The zero-order valence-electron chi connectivity index (χ0n) is 13.6. The van der Waals surface area contributed by atoms with Gasteiger partial charge in [0.1, 0.15) is 0 Å². The van der Waals surface area contributed by atoms with Crippen LogP contribution in [0.5, 0.6) is 0 Å². The maximum absolute atomic E-state index is 12.5. The normalized spacial score (nSPS) is 22.0. The molecule has 0 saturated carbocycles. The summed E-state index contributed by atoms with van der Waals surface area (Å²) in [6, 6.07) is 10.7. The fraction of sp³-hybridized carbons (Fsp3) is 0.611. The molecule has 2 aliphatic heterocycles. The van der Waals surface area contributed by atoms with Crippen molar-refractivity contribution in [2.45, 2.75) is 18.8 Å². The zero-order valence-corrected chi connectivity index (χ0v) is 13.6. The van der Waals surface area contributed by atoms with Crippen LogP contribution >= 0.6 is 0 Å². The zero-order chi connectivity index (χ0) is 15.4. The Hall–Kier alpha value is -1.39. The summed E-state index contributed by atoms with van der Waals surface area (Å²) in [6.45, 7) is 6.60. The van der Waals surface area contributed by atoms with E-state index in [-0.39, 0.29) is 0 Å². The van der Waals surface area contributed by atoms with Crippen LogP contribution in [0.3, 0.4) is 0 Å². The molecule has 0 aliphatic carbocycles. The number of likely N-dealkylation sites (N-methyl/N-ethyl adjacent to an activating group) is 1. The first-order valence-corrected chi connectivity index (χ1v) is 8.46. The Morgan fingerprint density at radius 1 is 1.00 bits per heavy atom. The molecule has 0 bridgehead atoms. The van der Waals surface area contributed by atoms with Crippen molar-refractivity contribution in [3.8, 4) is 0 Å². The van der Waals surface area contributed by atoms with E-state index in [4.69, 9.17) is 0 Å². The van der Waals surface area contributed by atoms with Crippen molar-refractivity contribution >= 4 is 5.91 Å². The number of carbonyl (C=O) groups is 1. The Kier molecular flexibility index (Phi) is 5.11. The highest BCUT2D eigenvalue weighted by molar-refractivity contribution is 5.78. The van der Waals surface area contributed by atoms with Crippen molar-refractivity contribution in [3.63, 3.8) is 0 Å². The Morgan fingerprint density at radius 2 is 1.64 bits per heavy atom. The summed E-state index contributed by atoms with van der Waals surface area (Å²) in [7, 11) is 2.15. The first-order valence-electron chi connectivity index (χ1n) is 8.46. The Balaban J connectivity index is 1.46. The number of amides is 1. The highest BCUT2D eigenvalue weighted by Gasteiger charge is 2.25. The number of rotatable bonds is 3. The average Bonchev–Trinajstić information content (AvgIpc) is 2.58. The number of carbonyl (C=O) groups excluding carboxylic acids is 1. The van der Waals surface area contributed by atoms with Gasteiger partial charge in [-0.2, -0.15) is 0 Å². The number of piperazine rings is 1. The van der Waals surface area contributed by atoms with Crippen LogP contribution in [0.2, 0.25) is 0 Å². The molecule has 0 atom stereocenters. The highest BCUT2D eigenvalue weighted by Crippen LogP contribution is 2.27. The molecule has 2 saturated heterocycles. The predicted octanol–water partition coefficient (Wildman–Crippen LogP) is 1.64. The molecule has 22 heavy (non-hydrogen) atoms. The molecular weight excluding hydrogens is 274 g/mol. The van der Waals surface area contributed by atoms with E-state index in [9.17, 15) is 4.79 Å². The van der Waals surface area contributed by atoms with Crippen LogP contribution in [0.25, 0.3) is 0 Å². The fourth-order valence-electron chi connectivity index (χ4n) is 3.48. The second-order valence-electron chi connectivity index (χ2n) is 6.65. The van der Waals surface area contributed by atoms with Gasteiger partial charge in [-0.05, 0) is 31.4 Å². The SMILES string of the molecule is CN1CCN(CC(=O)N2CCC(c3ccccc3)CC2)CC1. The van der Waals surface area contributed by atoms with E-state index in [2.05, 4.69) is 52.1 Å². The number of hydrogen-bond acceptors (Lipinski definition) is 3. The van der Waals surface area contributed by atoms with Gasteiger partial charge in [-0.25, -0.2) is 0 Å². The molecule has 0 unspecified atom stereocenters. The first-order chi connectivity index (χ1) is 10.7. The van der Waals surface area contributed by atoms with Crippen LogP contribution in [-0.2, 0) is 4.79 Å². The van der Waals surface area contributed by atoms with Crippen molar-refractivity contribution in [2.24, 2.45) is 0 Å². The van der Waals surface area contributed by atoms with Crippen LogP contribution in [0.4, 0.5) is 0 Å².